The molecule has 5 nitrogen and oxygen atoms in total. The van der Waals surface area contributed by atoms with Gasteiger partial charge in [-0.15, -0.1) is 0 Å². The van der Waals surface area contributed by atoms with Crippen molar-refractivity contribution in [2.75, 3.05) is 0 Å². The number of nitrogens with two attached hydrogens (primary N) is 1. The lowest BCUT2D eigenvalue weighted by Gasteiger charge is -2.05. The Labute approximate surface area is 107 Å². The number of pyridine rings is 1. The van der Waals surface area contributed by atoms with E-state index in [-0.39, 0.29) is 15.9 Å². The quantitative estimate of drug-likeness (QED) is 0.851. The Kier molecular flexibility index (Phi) is 3.04. The molecular weight excluding hydrogens is 265 g/mol. The van der Waals surface area contributed by atoms with Gasteiger partial charge >= 0.3 is 0 Å². The Morgan fingerprint density at radius 2 is 2.12 bits per heavy atom. The molecule has 0 saturated carbocycles. The summed E-state index contributed by atoms with van der Waals surface area (Å²) < 4.78 is 4.92. The highest BCUT2D eigenvalue weighted by Gasteiger charge is 2.19. The zero-order valence-electron chi connectivity index (χ0n) is 8.70. The third-order valence-corrected chi connectivity index (χ3v) is 2.56. The van der Waals surface area contributed by atoms with Gasteiger partial charge in [0.2, 0.25) is 5.91 Å². The number of aryl methyl sites for hydroxylation is 1. The molecular formula is C10H7Cl2N3O2. The van der Waals surface area contributed by atoms with E-state index in [1.807, 2.05) is 0 Å². The van der Waals surface area contributed by atoms with Crippen molar-refractivity contribution in [2.45, 2.75) is 6.92 Å². The second-order valence-corrected chi connectivity index (χ2v) is 4.09. The van der Waals surface area contributed by atoms with Gasteiger partial charge in [0, 0.05) is 6.07 Å². The third kappa shape index (κ3) is 2.25. The molecule has 2 N–H and O–H groups in total. The number of halogens is 2. The van der Waals surface area contributed by atoms with Gasteiger partial charge in [-0.3, -0.25) is 4.79 Å². The fraction of sp³-hybridized carbons (Fsp3) is 0.100. The molecule has 0 spiro atoms. The van der Waals surface area contributed by atoms with Gasteiger partial charge in [-0.2, -0.15) is 0 Å². The first-order chi connectivity index (χ1) is 7.99. The summed E-state index contributed by atoms with van der Waals surface area (Å²) in [4.78, 5) is 15.2. The van der Waals surface area contributed by atoms with Crippen LogP contribution in [0.3, 0.4) is 0 Å². The summed E-state index contributed by atoms with van der Waals surface area (Å²) >= 11 is 11.6. The molecule has 2 heterocycles. The summed E-state index contributed by atoms with van der Waals surface area (Å²) in [6.45, 7) is 1.72. The first-order valence-electron chi connectivity index (χ1n) is 4.58. The van der Waals surface area contributed by atoms with Gasteiger partial charge in [-0.1, -0.05) is 28.4 Å². The number of primary amides is 1. The van der Waals surface area contributed by atoms with E-state index in [1.54, 1.807) is 13.0 Å². The highest BCUT2D eigenvalue weighted by molar-refractivity contribution is 6.35. The van der Waals surface area contributed by atoms with E-state index in [1.165, 1.54) is 6.07 Å². The van der Waals surface area contributed by atoms with Crippen LogP contribution in [0.4, 0.5) is 0 Å². The Hall–Kier alpha value is -1.59. The monoisotopic (exact) mass is 271 g/mol. The Bertz CT molecular complexity index is 595. The summed E-state index contributed by atoms with van der Waals surface area (Å²) in [5, 5.41) is 3.91. The van der Waals surface area contributed by atoms with E-state index in [2.05, 4.69) is 10.1 Å². The van der Waals surface area contributed by atoms with Gasteiger partial charge < -0.3 is 10.3 Å². The molecule has 0 unspecified atom stereocenters. The molecule has 7 heteroatoms. The van der Waals surface area contributed by atoms with Crippen LogP contribution in [0.25, 0.3) is 11.3 Å². The minimum absolute atomic E-state index is 0.0552. The molecule has 2 aromatic heterocycles. The topological polar surface area (TPSA) is 82.0 Å². The fourth-order valence-corrected chi connectivity index (χ4v) is 1.93. The highest BCUT2D eigenvalue weighted by atomic mass is 35.5. The maximum atomic E-state index is 11.3. The number of carbonyl (C=O) groups excluding carboxylic acids is 1. The zero-order valence-corrected chi connectivity index (χ0v) is 10.2. The Morgan fingerprint density at radius 3 is 2.65 bits per heavy atom. The lowest BCUT2D eigenvalue weighted by Crippen LogP contribution is -2.13. The van der Waals surface area contributed by atoms with Gasteiger partial charge in [0.1, 0.15) is 21.8 Å². The maximum absolute atomic E-state index is 11.3. The smallest absolute Gasteiger partial charge is 0.249 e. The largest absolute Gasteiger partial charge is 0.366 e. The number of amides is 1. The maximum Gasteiger partial charge on any atom is 0.249 e. The van der Waals surface area contributed by atoms with Gasteiger partial charge in [0.25, 0.3) is 0 Å². The van der Waals surface area contributed by atoms with Crippen molar-refractivity contribution in [1.29, 1.82) is 0 Å². The van der Waals surface area contributed by atoms with Crippen LogP contribution in [0.15, 0.2) is 16.7 Å². The van der Waals surface area contributed by atoms with Crippen LogP contribution < -0.4 is 5.73 Å². The number of rotatable bonds is 2. The zero-order chi connectivity index (χ0) is 12.6. The van der Waals surface area contributed by atoms with Crippen LogP contribution in [-0.2, 0) is 0 Å². The molecule has 0 aliphatic rings. The molecule has 0 radical (unpaired) electrons. The van der Waals surface area contributed by atoms with Gasteiger partial charge in [-0.05, 0) is 13.0 Å². The van der Waals surface area contributed by atoms with E-state index in [0.29, 0.717) is 17.0 Å². The molecule has 1 amide bonds. The van der Waals surface area contributed by atoms with Crippen LogP contribution in [0, 0.1) is 6.92 Å². The van der Waals surface area contributed by atoms with Crippen molar-refractivity contribution >= 4 is 29.1 Å². The van der Waals surface area contributed by atoms with Crippen molar-refractivity contribution in [3.63, 3.8) is 0 Å². The third-order valence-electron chi connectivity index (χ3n) is 2.09. The second-order valence-electron chi connectivity index (χ2n) is 3.35. The van der Waals surface area contributed by atoms with Crippen LogP contribution in [0.5, 0.6) is 0 Å². The Balaban J connectivity index is 2.71. The van der Waals surface area contributed by atoms with Crippen LogP contribution in [0.1, 0.15) is 16.1 Å². The molecule has 0 aromatic carbocycles. The molecule has 0 aliphatic carbocycles. The average Bonchev–Trinajstić information content (AvgIpc) is 2.63. The van der Waals surface area contributed by atoms with Crippen molar-refractivity contribution in [2.24, 2.45) is 5.73 Å². The lowest BCUT2D eigenvalue weighted by atomic mass is 10.1. The predicted molar refractivity (Wildman–Crippen MR) is 63.0 cm³/mol. The highest BCUT2D eigenvalue weighted by Crippen LogP contribution is 2.31. The molecule has 88 valence electrons. The molecule has 17 heavy (non-hydrogen) atoms. The molecule has 0 fully saturated rings. The van der Waals surface area contributed by atoms with E-state index in [0.717, 1.165) is 0 Å². The van der Waals surface area contributed by atoms with Crippen molar-refractivity contribution in [3.05, 3.63) is 33.8 Å². The lowest BCUT2D eigenvalue weighted by molar-refractivity contribution is 0.100. The van der Waals surface area contributed by atoms with Crippen molar-refractivity contribution < 1.29 is 9.32 Å². The van der Waals surface area contributed by atoms with Crippen molar-refractivity contribution in [1.82, 2.24) is 10.1 Å². The standard InChI is InChI=1S/C10H7Cl2N3O2/c1-4-2-6(15-17-4)8-5(10(13)16)3-7(11)14-9(8)12/h2-3H,1H3,(H2,13,16). The molecule has 0 atom stereocenters. The van der Waals surface area contributed by atoms with E-state index < -0.39 is 5.91 Å². The summed E-state index contributed by atoms with van der Waals surface area (Å²) in [6, 6.07) is 2.97. The number of carbonyl (C=O) groups is 1. The van der Waals surface area contributed by atoms with Crippen LogP contribution in [-0.4, -0.2) is 16.0 Å². The summed E-state index contributed by atoms with van der Waals surface area (Å²) in [6.07, 6.45) is 0. The Morgan fingerprint density at radius 1 is 1.41 bits per heavy atom. The molecule has 2 aromatic rings. The summed E-state index contributed by atoms with van der Waals surface area (Å²) in [5.74, 6) is -0.0757. The van der Waals surface area contributed by atoms with Gasteiger partial charge in [0.15, 0.2) is 0 Å². The minimum Gasteiger partial charge on any atom is -0.366 e. The first-order valence-corrected chi connectivity index (χ1v) is 5.34. The summed E-state index contributed by atoms with van der Waals surface area (Å²) in [7, 11) is 0. The van der Waals surface area contributed by atoms with Crippen LogP contribution in [0.2, 0.25) is 10.3 Å². The molecule has 2 rings (SSSR count). The minimum atomic E-state index is -0.660. The normalized spacial score (nSPS) is 10.5. The van der Waals surface area contributed by atoms with Gasteiger partial charge in [-0.25, -0.2) is 4.98 Å². The summed E-state index contributed by atoms with van der Waals surface area (Å²) in [5.41, 5.74) is 6.12. The predicted octanol–water partition coefficient (Wildman–Crippen LogP) is 2.45. The average molecular weight is 272 g/mol. The fourth-order valence-electron chi connectivity index (χ4n) is 1.41. The van der Waals surface area contributed by atoms with E-state index >= 15 is 0 Å². The SMILES string of the molecule is Cc1cc(-c2c(C(N)=O)cc(Cl)nc2Cl)no1. The number of hydrogen-bond acceptors (Lipinski definition) is 4. The van der Waals surface area contributed by atoms with Crippen LogP contribution >= 0.6 is 23.2 Å². The van der Waals surface area contributed by atoms with Crippen molar-refractivity contribution in [3.8, 4) is 11.3 Å². The van der Waals surface area contributed by atoms with E-state index in [4.69, 9.17) is 33.5 Å². The molecule has 0 saturated heterocycles. The number of nitrogens with zero attached hydrogens (tertiary/aromatic N) is 2. The molecule has 0 bridgehead atoms. The molecule has 0 aliphatic heterocycles. The van der Waals surface area contributed by atoms with Gasteiger partial charge in [0.05, 0.1) is 11.1 Å². The number of hydrogen-bond donors (Lipinski definition) is 1. The second kappa shape index (κ2) is 4.35. The van der Waals surface area contributed by atoms with E-state index in [9.17, 15) is 4.79 Å². The first kappa shape index (κ1) is 11.9. The number of aromatic nitrogens is 2.